The van der Waals surface area contributed by atoms with Gasteiger partial charge in [-0.3, -0.25) is 57.9 Å². The summed E-state index contributed by atoms with van der Waals surface area (Å²) in [6, 6.07) is 5.75. The third-order valence-electron chi connectivity index (χ3n) is 22.4. The number of phenols is 3. The van der Waals surface area contributed by atoms with Crippen molar-refractivity contribution >= 4 is 105 Å². The predicted octanol–water partition coefficient (Wildman–Crippen LogP) is 3.19. The predicted molar refractivity (Wildman–Crippen MR) is 454 cm³/mol. The fourth-order valence-electron chi connectivity index (χ4n) is 15.7. The van der Waals surface area contributed by atoms with E-state index in [1.165, 1.54) is 62.8 Å². The van der Waals surface area contributed by atoms with Crippen LogP contribution in [0.5, 0.6) is 46.0 Å². The molecule has 684 valence electrons. The lowest BCUT2D eigenvalue weighted by molar-refractivity contribution is -0.334. The number of ether oxygens (including phenoxy) is 7. The van der Waals surface area contributed by atoms with Gasteiger partial charge in [-0.05, 0) is 145 Å². The first-order valence-corrected chi connectivity index (χ1v) is 42.1. The van der Waals surface area contributed by atoms with Crippen LogP contribution >= 0.6 is 46.4 Å². The number of hydrogen-bond donors (Lipinski definition) is 20. The Balaban J connectivity index is 0.958. The number of morpholine rings is 1. The van der Waals surface area contributed by atoms with Crippen LogP contribution in [0.4, 0.5) is 5.69 Å². The number of carbonyl (C=O) groups excluding carboxylic acids is 9. The maximum absolute atomic E-state index is 16.4. The Labute approximate surface area is 750 Å². The highest BCUT2D eigenvalue weighted by molar-refractivity contribution is 6.35. The van der Waals surface area contributed by atoms with Gasteiger partial charge in [0, 0.05) is 83.5 Å². The van der Waals surface area contributed by atoms with E-state index in [0.717, 1.165) is 60.7 Å². The van der Waals surface area contributed by atoms with E-state index in [9.17, 15) is 65.1 Å². The highest BCUT2D eigenvalue weighted by atomic mass is 35.5. The van der Waals surface area contributed by atoms with E-state index < -0.39 is 243 Å². The summed E-state index contributed by atoms with van der Waals surface area (Å²) < 4.78 is 45.1. The van der Waals surface area contributed by atoms with Gasteiger partial charge in [-0.15, -0.1) is 0 Å². The van der Waals surface area contributed by atoms with Gasteiger partial charge in [0.25, 0.3) is 11.8 Å². The van der Waals surface area contributed by atoms with Gasteiger partial charge < -0.3 is 133 Å². The summed E-state index contributed by atoms with van der Waals surface area (Å²) in [5.74, 6) is -15.9. The molecule has 3 saturated heterocycles. The SMILES string of the molecule is CN[C@H](CC(C)C)C(=O)N[C@H]1C(=O)N[C@@H](CC(N)=O)C(=O)N[C@H]2C(=O)N[C@H]3C(=O)N[C@H](C(=O)N[C@@H](C(=O)NOCCN4CCOCC4)c4cc(O)cc(O)c4-c4cc3ccc4O)[C@H](O)c3ccc(c(Cl)c3)Oc3cc2cc(c3O[C@@H]2O[C@H](CO)[C@@H](O)[C@H](O)[C@H]2O[C@H]2C[C@](C)(NCc3cncc(C(=O)Nc4cc(Cl)cc(Cl)c4)c3)[C@H](O)[C@H](C)O2)Oc2ccc(cc2Cl)[C@H]1O. The molecule has 9 heterocycles. The number of carbonyl (C=O) groups is 9. The van der Waals surface area contributed by atoms with E-state index in [0.29, 0.717) is 37.6 Å². The second-order valence-corrected chi connectivity index (χ2v) is 33.8. The minimum atomic E-state index is -2.39. The fourth-order valence-corrected chi connectivity index (χ4v) is 16.7. The normalized spacial score (nSPS) is 26.5. The average Bonchev–Trinajstić information content (AvgIpc) is 0.765. The quantitative estimate of drug-likeness (QED) is 0.0342. The van der Waals surface area contributed by atoms with Crippen molar-refractivity contribution in [2.24, 2.45) is 11.7 Å². The van der Waals surface area contributed by atoms with Crippen molar-refractivity contribution in [2.75, 3.05) is 58.4 Å². The maximum Gasteiger partial charge on any atom is 0.270 e. The summed E-state index contributed by atoms with van der Waals surface area (Å²) >= 11 is 26.8. The Hall–Kier alpha value is -10.9. The lowest BCUT2D eigenvalue weighted by Gasteiger charge is -2.48. The number of aromatic nitrogens is 1. The van der Waals surface area contributed by atoms with Crippen LogP contribution in [0.2, 0.25) is 20.1 Å². The lowest BCUT2D eigenvalue weighted by Crippen LogP contribution is -2.65. The number of rotatable bonds is 22. The number of pyridine rings is 1. The zero-order valence-corrected chi connectivity index (χ0v) is 72.1. The molecular weight excluding hydrogens is 1760 g/mol. The fraction of sp³-hybridized carbons (Fsp3) is 0.412. The second-order valence-electron chi connectivity index (χ2n) is 32.1. The number of fused-ring (bicyclic) bond motifs is 15. The van der Waals surface area contributed by atoms with Crippen LogP contribution in [0, 0.1) is 5.92 Å². The molecule has 8 aliphatic heterocycles. The molecule has 18 atom stereocenters. The van der Waals surface area contributed by atoms with E-state index >= 15 is 24.0 Å². The molecule has 0 radical (unpaired) electrons. The number of hydroxylamine groups is 1. The van der Waals surface area contributed by atoms with Crippen molar-refractivity contribution < 1.29 is 127 Å². The number of nitrogens with zero attached hydrogens (tertiary/aromatic N) is 2. The number of aliphatic hydroxyl groups excluding tert-OH is 6. The Bertz CT molecular complexity index is 5350. The molecule has 0 saturated carbocycles. The third-order valence-corrected chi connectivity index (χ3v) is 23.4. The summed E-state index contributed by atoms with van der Waals surface area (Å²) in [5.41, 5.74) is 4.97. The van der Waals surface area contributed by atoms with E-state index in [4.69, 9.17) is 90.1 Å². The van der Waals surface area contributed by atoms with Gasteiger partial charge >= 0.3 is 0 Å². The van der Waals surface area contributed by atoms with Gasteiger partial charge in [0.2, 0.25) is 53.4 Å². The van der Waals surface area contributed by atoms with Crippen LogP contribution in [0.1, 0.15) is 121 Å². The number of likely N-dealkylation sites (N-methyl/N-ethyl adjacent to an activating group) is 1. The minimum absolute atomic E-state index is 0.0492. The molecule has 9 amide bonds. The van der Waals surface area contributed by atoms with Gasteiger partial charge in [0.1, 0.15) is 95.5 Å². The second kappa shape index (κ2) is 40.8. The number of halogens is 4. The van der Waals surface area contributed by atoms with Crippen molar-refractivity contribution in [3.63, 3.8) is 0 Å². The summed E-state index contributed by atoms with van der Waals surface area (Å²) in [6.45, 7) is 7.78. The molecule has 0 aliphatic carbocycles. The van der Waals surface area contributed by atoms with Gasteiger partial charge in [-0.2, -0.15) is 0 Å². The Morgan fingerprint density at radius 1 is 0.703 bits per heavy atom. The number of hydrogen-bond acceptors (Lipinski definition) is 30. The first kappa shape index (κ1) is 94.7. The zero-order valence-electron chi connectivity index (χ0n) is 69.1. The highest BCUT2D eigenvalue weighted by Crippen LogP contribution is 2.50. The van der Waals surface area contributed by atoms with Gasteiger partial charge in [0.15, 0.2) is 23.9 Å². The van der Waals surface area contributed by atoms with Crippen molar-refractivity contribution in [3.8, 4) is 57.1 Å². The van der Waals surface area contributed by atoms with Crippen molar-refractivity contribution in [3.05, 3.63) is 175 Å². The van der Waals surface area contributed by atoms with E-state index in [-0.39, 0.29) is 81.5 Å². The van der Waals surface area contributed by atoms with Crippen LogP contribution in [-0.2, 0) is 68.7 Å². The molecule has 11 bridgehead atoms. The van der Waals surface area contributed by atoms with Crippen LogP contribution in [0.15, 0.2) is 116 Å². The average molecular weight is 1860 g/mol. The number of primary amides is 1. The molecule has 15 rings (SSSR count). The molecular formula is C85H95Cl4N13O26. The van der Waals surface area contributed by atoms with Crippen LogP contribution < -0.4 is 73.3 Å². The summed E-state index contributed by atoms with van der Waals surface area (Å²) in [4.78, 5) is 146. The number of aliphatic hydroxyl groups is 6. The lowest BCUT2D eigenvalue weighted by atomic mass is 9.84. The van der Waals surface area contributed by atoms with Crippen LogP contribution in [0.3, 0.4) is 0 Å². The number of benzene rings is 6. The number of nitrogens with one attached hydrogen (secondary N) is 10. The molecule has 0 unspecified atom stereocenters. The van der Waals surface area contributed by atoms with Gasteiger partial charge in [0.05, 0.1) is 66.7 Å². The van der Waals surface area contributed by atoms with E-state index in [2.05, 4.69) is 58.3 Å². The minimum Gasteiger partial charge on any atom is -0.508 e. The first-order valence-electron chi connectivity index (χ1n) is 40.6. The summed E-state index contributed by atoms with van der Waals surface area (Å²) in [6.07, 6.45) is -16.6. The molecule has 8 aliphatic rings. The summed E-state index contributed by atoms with van der Waals surface area (Å²) in [5, 5.41) is 131. The standard InChI is InChI=1S/C85H95Cl4N13O26/c1-36(2)18-52(91-5)77(114)99-67-69(108)40-7-10-56(50(88)21-40)124-58-23-42-24-59(73(58)128-84-74(72(111)71(110)60(35-103)126-84)127-62-31-85(4,75(112)37(3)123-62)93-33-38-19-43(34-92-32-38)76(113)94-46-26-44(86)25-45(87)27-46)125-57-11-8-41(22-51(57)89)70(109)68-82(119)98-66(83(120)101-122-17-14-102-12-15-121-16-13-102)49-28-47(104)29-55(106)63(49)48-20-39(6-9-54(48)105)64(79(116)100-68)97-80(117)65(42)96-78(115)53(30-61(90)107)95-81(67)118/h6-11,19-29,32,34,36-37,52-53,60,62,64-72,74-75,84,91,93,103-106,108-112H,12-18,30-31,33,35H2,1-5H3,(H2,90,107)(H,94,113)(H,95,118)(H,96,115)(H,97,117)(H,98,119)(H,99,114)(H,100,116)(H,101,120)/t37-,52+,53-,60+,62-,64+,65+,66+,67+,68-,69+,70+,71+,72-,74+,75+,84-,85-/m0/s1. The Morgan fingerprint density at radius 2 is 1.35 bits per heavy atom. The van der Waals surface area contributed by atoms with Crippen LogP contribution in [-0.4, -0.2) is 241 Å². The molecule has 43 heteroatoms. The van der Waals surface area contributed by atoms with Crippen molar-refractivity contribution in [1.29, 1.82) is 0 Å². The van der Waals surface area contributed by atoms with Gasteiger partial charge in [-0.1, -0.05) is 78.5 Å². The topological polar surface area (TPSA) is 572 Å². The monoisotopic (exact) mass is 1850 g/mol. The number of phenolic OH excluding ortho intramolecular Hbond substituents is 3. The molecule has 1 aromatic heterocycles. The third kappa shape index (κ3) is 21.8. The smallest absolute Gasteiger partial charge is 0.270 e. The molecule has 128 heavy (non-hydrogen) atoms. The van der Waals surface area contributed by atoms with Gasteiger partial charge in [-0.25, -0.2) is 5.48 Å². The molecule has 39 nitrogen and oxygen atoms in total. The van der Waals surface area contributed by atoms with Crippen LogP contribution in [0.25, 0.3) is 11.1 Å². The highest BCUT2D eigenvalue weighted by Gasteiger charge is 2.53. The maximum atomic E-state index is 16.4. The number of aromatic hydroxyl groups is 3. The zero-order chi connectivity index (χ0) is 92.0. The van der Waals surface area contributed by atoms with Crippen molar-refractivity contribution in [1.82, 2.24) is 57.9 Å². The Kier molecular flexibility index (Phi) is 30.2. The first-order chi connectivity index (χ1) is 60.9. The number of nitrogens with two attached hydrogens (primary N) is 1. The largest absolute Gasteiger partial charge is 0.508 e. The molecule has 6 aromatic carbocycles. The summed E-state index contributed by atoms with van der Waals surface area (Å²) in [7, 11) is 1.47. The molecule has 7 aromatic rings. The van der Waals surface area contributed by atoms with E-state index in [1.54, 1.807) is 13.0 Å². The molecule has 0 spiro atoms. The van der Waals surface area contributed by atoms with E-state index in [1.807, 2.05) is 18.7 Å². The number of amides is 9. The Morgan fingerprint density at radius 3 is 2.00 bits per heavy atom. The van der Waals surface area contributed by atoms with Crippen molar-refractivity contribution in [2.45, 2.75) is 163 Å². The molecule has 21 N–H and O–H groups in total. The molecule has 3 fully saturated rings. The number of anilines is 1.